The largest absolute Gasteiger partial charge is 0.416 e. The summed E-state index contributed by atoms with van der Waals surface area (Å²) >= 11 is 0. The van der Waals surface area contributed by atoms with Crippen molar-refractivity contribution >= 4 is 34.9 Å². The molecule has 3 rings (SSSR count). The summed E-state index contributed by atoms with van der Waals surface area (Å²) < 4.78 is 52.5. The first kappa shape index (κ1) is 22.1. The van der Waals surface area contributed by atoms with Crippen LogP contribution >= 0.6 is 7.14 Å². The van der Waals surface area contributed by atoms with Crippen molar-refractivity contribution in [1.29, 1.82) is 0 Å². The third-order valence-electron chi connectivity index (χ3n) is 5.04. The number of halogens is 3. The summed E-state index contributed by atoms with van der Waals surface area (Å²) in [5.41, 5.74) is 7.07. The predicted molar refractivity (Wildman–Crippen MR) is 116 cm³/mol. The summed E-state index contributed by atoms with van der Waals surface area (Å²) in [7, 11) is -2.65. The van der Waals surface area contributed by atoms with Gasteiger partial charge >= 0.3 is 6.18 Å². The second-order valence-corrected chi connectivity index (χ2v) is 11.0. The van der Waals surface area contributed by atoms with Gasteiger partial charge in [0.2, 0.25) is 0 Å². The van der Waals surface area contributed by atoms with Crippen LogP contribution in [0.1, 0.15) is 35.5 Å². The van der Waals surface area contributed by atoms with Crippen LogP contribution in [0.5, 0.6) is 0 Å². The van der Waals surface area contributed by atoms with E-state index in [1.165, 1.54) is 13.0 Å². The molecule has 1 heterocycles. The number of aromatic nitrogens is 2. The van der Waals surface area contributed by atoms with E-state index < -0.39 is 24.9 Å². The third-order valence-corrected chi connectivity index (χ3v) is 6.58. The number of nitrogens with one attached hydrogen (secondary N) is 1. The maximum Gasteiger partial charge on any atom is 0.416 e. The molecule has 1 aromatic heterocycles. The molecule has 160 valence electrons. The minimum atomic E-state index is -4.42. The van der Waals surface area contributed by atoms with Gasteiger partial charge in [0.05, 0.1) is 17.1 Å². The first-order chi connectivity index (χ1) is 13.8. The second kappa shape index (κ2) is 7.58. The quantitative estimate of drug-likeness (QED) is 0.430. The van der Waals surface area contributed by atoms with Gasteiger partial charge in [0, 0.05) is 16.4 Å². The van der Waals surface area contributed by atoms with Crippen molar-refractivity contribution in [3.05, 3.63) is 52.8 Å². The van der Waals surface area contributed by atoms with Crippen molar-refractivity contribution in [2.45, 2.75) is 33.0 Å². The molecular formula is C21H24F3N4OP. The molecule has 9 heteroatoms. The number of hydrogen-bond acceptors (Lipinski definition) is 5. The summed E-state index contributed by atoms with van der Waals surface area (Å²) in [5.74, 6) is 0.942. The Morgan fingerprint density at radius 1 is 1.13 bits per heavy atom. The van der Waals surface area contributed by atoms with Gasteiger partial charge in [-0.05, 0) is 63.4 Å². The predicted octanol–water partition coefficient (Wildman–Crippen LogP) is 5.27. The van der Waals surface area contributed by atoms with Crippen LogP contribution in [0.25, 0.3) is 10.9 Å². The van der Waals surface area contributed by atoms with Gasteiger partial charge < -0.3 is 15.6 Å². The van der Waals surface area contributed by atoms with Gasteiger partial charge in [-0.1, -0.05) is 12.1 Å². The lowest BCUT2D eigenvalue weighted by molar-refractivity contribution is -0.138. The normalized spacial score (nSPS) is 13.5. The van der Waals surface area contributed by atoms with Crippen molar-refractivity contribution in [3.63, 3.8) is 0 Å². The molecule has 0 radical (unpaired) electrons. The molecule has 5 nitrogen and oxygen atoms in total. The van der Waals surface area contributed by atoms with Crippen molar-refractivity contribution in [2.24, 2.45) is 0 Å². The molecule has 0 spiro atoms. The fraction of sp³-hybridized carbons (Fsp3) is 0.333. The number of rotatable bonds is 4. The van der Waals surface area contributed by atoms with Crippen LogP contribution in [-0.4, -0.2) is 23.3 Å². The average Bonchev–Trinajstić information content (AvgIpc) is 2.58. The molecule has 2 aromatic carbocycles. The number of fused-ring (bicyclic) bond motifs is 1. The Labute approximate surface area is 173 Å². The highest BCUT2D eigenvalue weighted by Crippen LogP contribution is 2.39. The number of alkyl halides is 3. The number of nitrogens with zero attached hydrogens (tertiary/aromatic N) is 2. The molecular weight excluding hydrogens is 412 g/mol. The van der Waals surface area contributed by atoms with Crippen LogP contribution in [0.3, 0.4) is 0 Å². The molecule has 0 saturated heterocycles. The fourth-order valence-electron chi connectivity index (χ4n) is 3.59. The highest BCUT2D eigenvalue weighted by atomic mass is 31.2. The maximum absolute atomic E-state index is 13.3. The lowest BCUT2D eigenvalue weighted by atomic mass is 9.97. The van der Waals surface area contributed by atoms with E-state index in [1.807, 2.05) is 0 Å². The first-order valence-electron chi connectivity index (χ1n) is 9.35. The molecule has 3 N–H and O–H groups in total. The standard InChI is InChI=1S/C21H24F3N4OP/c1-11-14(7-6-8-16(11)21(22,23)24)12(2)26-20-15-9-19(30(4,5)29)17(25)10-18(15)27-13(3)28-20/h6-10,12H,25H2,1-5H3,(H,26,27,28)/t12-/m1/s1. The van der Waals surface area contributed by atoms with Gasteiger partial charge in [0.15, 0.2) is 0 Å². The molecule has 0 amide bonds. The molecule has 0 bridgehead atoms. The van der Waals surface area contributed by atoms with E-state index in [4.69, 9.17) is 5.73 Å². The van der Waals surface area contributed by atoms with Crippen LogP contribution in [0.15, 0.2) is 30.3 Å². The van der Waals surface area contributed by atoms with Crippen molar-refractivity contribution in [1.82, 2.24) is 9.97 Å². The minimum Gasteiger partial charge on any atom is -0.398 e. The Kier molecular flexibility index (Phi) is 5.58. The molecule has 0 saturated carbocycles. The van der Waals surface area contributed by atoms with Crippen LogP contribution in [0.4, 0.5) is 24.7 Å². The number of anilines is 2. The van der Waals surface area contributed by atoms with Crippen LogP contribution in [0.2, 0.25) is 0 Å². The SMILES string of the molecule is Cc1nc(N[C@H](C)c2cccc(C(F)(F)F)c2C)c2cc(P(C)(C)=O)c(N)cc2n1. The molecule has 0 aliphatic carbocycles. The maximum atomic E-state index is 13.3. The van der Waals surface area contributed by atoms with Crippen molar-refractivity contribution < 1.29 is 17.7 Å². The van der Waals surface area contributed by atoms with Crippen LogP contribution in [-0.2, 0) is 10.7 Å². The van der Waals surface area contributed by atoms with E-state index >= 15 is 0 Å². The summed E-state index contributed by atoms with van der Waals surface area (Å²) in [6.45, 7) is 8.21. The van der Waals surface area contributed by atoms with Gasteiger partial charge in [-0.25, -0.2) is 9.97 Å². The summed E-state index contributed by atoms with van der Waals surface area (Å²) in [5, 5.41) is 4.35. The Bertz CT molecular complexity index is 1170. The van der Waals surface area contributed by atoms with Gasteiger partial charge in [-0.3, -0.25) is 0 Å². The van der Waals surface area contributed by atoms with Crippen LogP contribution in [0, 0.1) is 13.8 Å². The van der Waals surface area contributed by atoms with E-state index in [9.17, 15) is 17.7 Å². The summed E-state index contributed by atoms with van der Waals surface area (Å²) in [6, 6.07) is 7.04. The molecule has 3 aromatic rings. The Balaban J connectivity index is 2.11. The van der Waals surface area contributed by atoms with E-state index in [0.717, 1.165) is 6.07 Å². The van der Waals surface area contributed by atoms with E-state index in [0.29, 0.717) is 39.1 Å². The Morgan fingerprint density at radius 3 is 2.40 bits per heavy atom. The number of hydrogen-bond donors (Lipinski definition) is 2. The lowest BCUT2D eigenvalue weighted by Crippen LogP contribution is -2.15. The van der Waals surface area contributed by atoms with Crippen molar-refractivity contribution in [3.8, 4) is 0 Å². The van der Waals surface area contributed by atoms with Gasteiger partial charge in [-0.15, -0.1) is 0 Å². The number of benzene rings is 2. The minimum absolute atomic E-state index is 0.164. The van der Waals surface area contributed by atoms with Gasteiger partial charge in [0.25, 0.3) is 0 Å². The van der Waals surface area contributed by atoms with E-state index in [-0.39, 0.29) is 5.56 Å². The summed E-state index contributed by atoms with van der Waals surface area (Å²) in [6.07, 6.45) is -4.42. The number of aryl methyl sites for hydroxylation is 1. The molecule has 0 unspecified atom stereocenters. The number of nitrogens with two attached hydrogens (primary N) is 1. The molecule has 30 heavy (non-hydrogen) atoms. The van der Waals surface area contributed by atoms with E-state index in [1.54, 1.807) is 45.4 Å². The molecule has 0 aliphatic heterocycles. The molecule has 0 fully saturated rings. The van der Waals surface area contributed by atoms with Crippen molar-refractivity contribution in [2.75, 3.05) is 24.4 Å². The first-order valence-corrected chi connectivity index (χ1v) is 12.0. The highest BCUT2D eigenvalue weighted by Gasteiger charge is 2.33. The monoisotopic (exact) mass is 436 g/mol. The Hall–Kier alpha value is -2.60. The highest BCUT2D eigenvalue weighted by molar-refractivity contribution is 7.70. The Morgan fingerprint density at radius 2 is 1.80 bits per heavy atom. The molecule has 1 atom stereocenters. The summed E-state index contributed by atoms with van der Waals surface area (Å²) in [4.78, 5) is 8.84. The average molecular weight is 436 g/mol. The van der Waals surface area contributed by atoms with Crippen LogP contribution < -0.4 is 16.4 Å². The fourth-order valence-corrected chi connectivity index (χ4v) is 4.71. The zero-order valence-electron chi connectivity index (χ0n) is 17.4. The third kappa shape index (κ3) is 4.29. The number of nitrogen functional groups attached to an aromatic ring is 1. The smallest absolute Gasteiger partial charge is 0.398 e. The van der Waals surface area contributed by atoms with Gasteiger partial charge in [0.1, 0.15) is 18.8 Å². The molecule has 0 aliphatic rings. The van der Waals surface area contributed by atoms with Gasteiger partial charge in [-0.2, -0.15) is 13.2 Å². The second-order valence-electron chi connectivity index (χ2n) is 7.78. The zero-order chi connectivity index (χ0) is 22.4. The lowest BCUT2D eigenvalue weighted by Gasteiger charge is -2.21. The zero-order valence-corrected chi connectivity index (χ0v) is 18.3. The van der Waals surface area contributed by atoms with E-state index in [2.05, 4.69) is 15.3 Å². The topological polar surface area (TPSA) is 80.9 Å².